The lowest BCUT2D eigenvalue weighted by atomic mass is 9.84. The average Bonchev–Trinajstić information content (AvgIpc) is 3.58. The van der Waals surface area contributed by atoms with Crippen LogP contribution in [0.5, 0.6) is 11.5 Å². The van der Waals surface area contributed by atoms with Gasteiger partial charge in [0.25, 0.3) is 0 Å². The van der Waals surface area contributed by atoms with Crippen molar-refractivity contribution in [3.05, 3.63) is 71.6 Å². The van der Waals surface area contributed by atoms with E-state index in [1.54, 1.807) is 29.1 Å². The Balaban J connectivity index is 1.01. The van der Waals surface area contributed by atoms with Crippen molar-refractivity contribution in [2.75, 3.05) is 33.9 Å². The van der Waals surface area contributed by atoms with Gasteiger partial charge in [0, 0.05) is 52.4 Å². The number of benzene rings is 2. The Morgan fingerprint density at radius 2 is 1.59 bits per heavy atom. The van der Waals surface area contributed by atoms with Gasteiger partial charge in [0.1, 0.15) is 47.9 Å². The molecule has 1 saturated carbocycles. The number of alkyl carbamates (subject to hydrolysis) is 2. The average molecular weight is 835 g/mol. The molecule has 8 rings (SSSR count). The number of hydrogen-bond donors (Lipinski definition) is 4. The van der Waals surface area contributed by atoms with Crippen LogP contribution in [-0.4, -0.2) is 106 Å². The Morgan fingerprint density at radius 1 is 0.902 bits per heavy atom. The molecule has 2 aromatic carbocycles. The van der Waals surface area contributed by atoms with E-state index < -0.39 is 24.3 Å². The maximum atomic E-state index is 13.6. The first-order valence-electron chi connectivity index (χ1n) is 21.2. The third-order valence-electron chi connectivity index (χ3n) is 12.0. The number of aromatic nitrogens is 4. The molecule has 0 radical (unpaired) electrons. The van der Waals surface area contributed by atoms with E-state index in [4.69, 9.17) is 19.2 Å². The van der Waals surface area contributed by atoms with E-state index in [0.29, 0.717) is 37.3 Å². The van der Waals surface area contributed by atoms with Crippen LogP contribution in [0.25, 0.3) is 33.7 Å². The third-order valence-corrected chi connectivity index (χ3v) is 12.0. The molecule has 0 bridgehead atoms. The van der Waals surface area contributed by atoms with E-state index in [-0.39, 0.29) is 36.4 Å². The van der Waals surface area contributed by atoms with Crippen LogP contribution in [0.15, 0.2) is 48.8 Å². The quantitative estimate of drug-likeness (QED) is 0.116. The molecule has 322 valence electrons. The van der Waals surface area contributed by atoms with E-state index in [1.807, 2.05) is 26.8 Å². The number of nitrogens with zero attached hydrogens (tertiary/aromatic N) is 4. The highest BCUT2D eigenvalue weighted by molar-refractivity contribution is 6.00. The minimum Gasteiger partial charge on any atom is -0.488 e. The van der Waals surface area contributed by atoms with Crippen LogP contribution < -0.4 is 20.1 Å². The molecule has 4 aromatic rings. The number of carbonyl (C=O) groups excluding carboxylic acids is 4. The zero-order valence-electron chi connectivity index (χ0n) is 35.5. The van der Waals surface area contributed by atoms with E-state index in [2.05, 4.69) is 60.7 Å². The highest BCUT2D eigenvalue weighted by Crippen LogP contribution is 2.52. The Labute approximate surface area is 354 Å². The fraction of sp³-hybridized carbons (Fsp3) is 0.467. The largest absolute Gasteiger partial charge is 0.488 e. The van der Waals surface area contributed by atoms with E-state index >= 15 is 0 Å². The topological polar surface area (TPSA) is 193 Å². The summed E-state index contributed by atoms with van der Waals surface area (Å²) in [5.41, 5.74) is 7.75. The summed E-state index contributed by atoms with van der Waals surface area (Å²) in [5.74, 6) is 2.80. The fourth-order valence-electron chi connectivity index (χ4n) is 8.65. The number of rotatable bonds is 13. The standard InChI is InChI=1S/C45H54N8O8/c1-7-16-52(43(55)39(24(2)3)51-45(57)59-6)22-37-46-20-32(49-37)28-12-14-29-31-23-60-35-18-27(13-15-30(35)38(31)40(26-10-11-26)61-36(29)19-28)33-21-47-41(50-33)34-9-8-17-53(34)42(54)25(4)48-44(56)58-5/h12-15,18-21,24-26,34,39-40H,7-11,16-17,22-23H2,1-6H3,(H,46,49)(H,47,50)(H,48,56)(H,51,57). The minimum absolute atomic E-state index is 0.120. The molecular weight excluding hydrogens is 781 g/mol. The molecule has 2 aromatic heterocycles. The first-order valence-corrected chi connectivity index (χ1v) is 21.2. The second kappa shape index (κ2) is 17.3. The van der Waals surface area contributed by atoms with Crippen LogP contribution in [-0.2, 0) is 25.6 Å². The van der Waals surface area contributed by atoms with Crippen molar-refractivity contribution >= 4 is 35.1 Å². The highest BCUT2D eigenvalue weighted by atomic mass is 16.5. The first-order chi connectivity index (χ1) is 29.5. The Hall–Kier alpha value is -6.32. The Kier molecular flexibility index (Phi) is 11.8. The van der Waals surface area contributed by atoms with Crippen LogP contribution in [0.3, 0.4) is 0 Å². The summed E-state index contributed by atoms with van der Waals surface area (Å²) in [5, 5.41) is 5.26. The van der Waals surface area contributed by atoms with Crippen molar-refractivity contribution in [3.63, 3.8) is 0 Å². The van der Waals surface area contributed by atoms with Gasteiger partial charge in [0.15, 0.2) is 0 Å². The second-order valence-electron chi connectivity index (χ2n) is 16.6. The number of likely N-dealkylation sites (tertiary alicyclic amines) is 1. The monoisotopic (exact) mass is 834 g/mol. The van der Waals surface area contributed by atoms with E-state index in [1.165, 1.54) is 19.8 Å². The predicted octanol–water partition coefficient (Wildman–Crippen LogP) is 6.47. The minimum atomic E-state index is -0.727. The lowest BCUT2D eigenvalue weighted by molar-refractivity contribution is -0.135. The number of methoxy groups -OCH3 is 2. The van der Waals surface area contributed by atoms with Gasteiger partial charge in [-0.2, -0.15) is 0 Å². The molecule has 1 aliphatic carbocycles. The van der Waals surface area contributed by atoms with Crippen molar-refractivity contribution in [2.24, 2.45) is 11.8 Å². The molecule has 4 amide bonds. The summed E-state index contributed by atoms with van der Waals surface area (Å²) >= 11 is 0. The van der Waals surface area contributed by atoms with Crippen molar-refractivity contribution < 1.29 is 38.1 Å². The number of H-pyrrole nitrogens is 2. The summed E-state index contributed by atoms with van der Waals surface area (Å²) in [7, 11) is 2.56. The molecule has 4 atom stereocenters. The van der Waals surface area contributed by atoms with Crippen molar-refractivity contribution in [3.8, 4) is 34.0 Å². The Bertz CT molecular complexity index is 2350. The molecule has 0 spiro atoms. The lowest BCUT2D eigenvalue weighted by Crippen LogP contribution is -2.51. The number of amides is 4. The molecule has 4 unspecified atom stereocenters. The zero-order valence-corrected chi connectivity index (χ0v) is 35.5. The number of imidazole rings is 2. The summed E-state index contributed by atoms with van der Waals surface area (Å²) in [6.45, 7) is 9.18. The SMILES string of the molecule is CCCN(Cc1ncc(-c2ccc3c(c2)OC(C2CC2)C2=C3COc3cc(-c4cnc(C5CCCN5C(=O)C(C)NC(=O)OC)[nH]4)ccc32)[nH]1)C(=O)C(NC(=O)OC)C(C)C. The van der Waals surface area contributed by atoms with Gasteiger partial charge in [0.05, 0.1) is 50.6 Å². The molecule has 1 saturated heterocycles. The number of hydrogen-bond acceptors (Lipinski definition) is 10. The van der Waals surface area contributed by atoms with Crippen molar-refractivity contribution in [1.29, 1.82) is 0 Å². The predicted molar refractivity (Wildman–Crippen MR) is 226 cm³/mol. The van der Waals surface area contributed by atoms with Gasteiger partial charge in [-0.15, -0.1) is 0 Å². The lowest BCUT2D eigenvalue weighted by Gasteiger charge is -2.35. The first kappa shape index (κ1) is 41.4. The molecule has 61 heavy (non-hydrogen) atoms. The van der Waals surface area contributed by atoms with Gasteiger partial charge in [-0.3, -0.25) is 9.59 Å². The van der Waals surface area contributed by atoms with Gasteiger partial charge >= 0.3 is 12.2 Å². The van der Waals surface area contributed by atoms with Crippen LogP contribution in [0.2, 0.25) is 0 Å². The number of nitrogens with one attached hydrogen (secondary N) is 4. The van der Waals surface area contributed by atoms with Gasteiger partial charge in [0.2, 0.25) is 11.8 Å². The van der Waals surface area contributed by atoms with E-state index in [9.17, 15) is 19.2 Å². The molecule has 4 aliphatic rings. The summed E-state index contributed by atoms with van der Waals surface area (Å²) in [4.78, 5) is 70.3. The van der Waals surface area contributed by atoms with Crippen LogP contribution in [0.4, 0.5) is 9.59 Å². The number of aromatic amines is 2. The summed E-state index contributed by atoms with van der Waals surface area (Å²) in [6.07, 6.45) is 6.68. The summed E-state index contributed by atoms with van der Waals surface area (Å²) in [6, 6.07) is 10.7. The molecule has 4 N–H and O–H groups in total. The highest BCUT2D eigenvalue weighted by Gasteiger charge is 2.43. The van der Waals surface area contributed by atoms with Gasteiger partial charge in [-0.1, -0.05) is 45.0 Å². The molecule has 3 aliphatic heterocycles. The molecule has 16 nitrogen and oxygen atoms in total. The van der Waals surface area contributed by atoms with Crippen LogP contribution >= 0.6 is 0 Å². The molecule has 2 fully saturated rings. The third kappa shape index (κ3) is 8.40. The Morgan fingerprint density at radius 3 is 2.30 bits per heavy atom. The van der Waals surface area contributed by atoms with Gasteiger partial charge in [-0.05, 0) is 57.1 Å². The second-order valence-corrected chi connectivity index (χ2v) is 16.6. The van der Waals surface area contributed by atoms with Crippen molar-refractivity contribution in [2.45, 2.75) is 90.6 Å². The van der Waals surface area contributed by atoms with Gasteiger partial charge in [-0.25, -0.2) is 19.6 Å². The van der Waals surface area contributed by atoms with E-state index in [0.717, 1.165) is 82.8 Å². The number of carbonyl (C=O) groups is 4. The summed E-state index contributed by atoms with van der Waals surface area (Å²) < 4.78 is 22.9. The maximum absolute atomic E-state index is 13.6. The van der Waals surface area contributed by atoms with Gasteiger partial charge < -0.3 is 49.3 Å². The zero-order chi connectivity index (χ0) is 42.9. The van der Waals surface area contributed by atoms with Crippen LogP contribution in [0.1, 0.15) is 88.6 Å². The van der Waals surface area contributed by atoms with Crippen molar-refractivity contribution in [1.82, 2.24) is 40.4 Å². The molecule has 5 heterocycles. The maximum Gasteiger partial charge on any atom is 0.407 e. The number of fused-ring (bicyclic) bond motifs is 4. The number of ether oxygens (including phenoxy) is 4. The van der Waals surface area contributed by atoms with Crippen LogP contribution in [0, 0.1) is 11.8 Å². The normalized spacial score (nSPS) is 18.8. The molecule has 16 heteroatoms. The molecular formula is C45H54N8O8. The fourth-order valence-corrected chi connectivity index (χ4v) is 8.65. The smallest absolute Gasteiger partial charge is 0.407 e.